The molecule has 0 radical (unpaired) electrons. The normalized spacial score (nSPS) is 13.7. The molecule has 1 aliphatic heterocycles. The second-order valence-corrected chi connectivity index (χ2v) is 9.00. The molecular formula is C22H24ClN3O3S. The second kappa shape index (κ2) is 8.78. The fourth-order valence-electron chi connectivity index (χ4n) is 3.75. The molecule has 0 N–H and O–H groups in total. The van der Waals surface area contributed by atoms with Gasteiger partial charge in [-0.25, -0.2) is 4.98 Å². The van der Waals surface area contributed by atoms with E-state index in [9.17, 15) is 9.59 Å². The first kappa shape index (κ1) is 20.9. The van der Waals surface area contributed by atoms with Crippen LogP contribution in [0.5, 0.6) is 5.75 Å². The van der Waals surface area contributed by atoms with Crippen molar-refractivity contribution in [3.63, 3.8) is 0 Å². The number of aromatic nitrogens is 2. The lowest BCUT2D eigenvalue weighted by Crippen LogP contribution is -2.30. The van der Waals surface area contributed by atoms with Crippen LogP contribution in [-0.2, 0) is 13.0 Å². The Morgan fingerprint density at radius 1 is 1.33 bits per heavy atom. The lowest BCUT2D eigenvalue weighted by Gasteiger charge is -2.17. The maximum atomic E-state index is 13.1. The molecule has 1 aliphatic rings. The molecule has 8 heteroatoms. The number of ether oxygens (including phenoxy) is 1. The number of fused-ring (bicyclic) bond motifs is 2. The second-order valence-electron chi connectivity index (χ2n) is 7.56. The van der Waals surface area contributed by atoms with Gasteiger partial charge in [-0.3, -0.25) is 14.2 Å². The van der Waals surface area contributed by atoms with Crippen LogP contribution in [0.3, 0.4) is 0 Å². The molecule has 0 atom stereocenters. The van der Waals surface area contributed by atoms with E-state index in [0.717, 1.165) is 37.1 Å². The SMILES string of the molecule is Cc1c(C(=O)N(C)CCOc2cccc(Cl)c2)sc2nc3n(c(=O)c12)CCCCC3. The molecule has 6 nitrogen and oxygen atoms in total. The molecule has 0 unspecified atom stereocenters. The van der Waals surface area contributed by atoms with Gasteiger partial charge >= 0.3 is 0 Å². The van der Waals surface area contributed by atoms with Crippen molar-refractivity contribution in [2.75, 3.05) is 20.2 Å². The van der Waals surface area contributed by atoms with Crippen LogP contribution in [0.15, 0.2) is 29.1 Å². The van der Waals surface area contributed by atoms with Gasteiger partial charge in [-0.15, -0.1) is 11.3 Å². The largest absolute Gasteiger partial charge is 0.492 e. The molecule has 1 aromatic carbocycles. The van der Waals surface area contributed by atoms with E-state index in [4.69, 9.17) is 21.3 Å². The van der Waals surface area contributed by atoms with Gasteiger partial charge in [0.05, 0.1) is 16.8 Å². The molecule has 0 saturated carbocycles. The Hall–Kier alpha value is -2.38. The molecule has 30 heavy (non-hydrogen) atoms. The highest BCUT2D eigenvalue weighted by atomic mass is 35.5. The van der Waals surface area contributed by atoms with E-state index in [1.54, 1.807) is 28.6 Å². The summed E-state index contributed by atoms with van der Waals surface area (Å²) in [7, 11) is 1.74. The van der Waals surface area contributed by atoms with Crippen LogP contribution in [0.25, 0.3) is 10.2 Å². The topological polar surface area (TPSA) is 64.4 Å². The first-order valence-corrected chi connectivity index (χ1v) is 11.3. The molecule has 2 aromatic heterocycles. The van der Waals surface area contributed by atoms with Gasteiger partial charge in [0.2, 0.25) is 0 Å². The minimum absolute atomic E-state index is 0.0170. The predicted molar refractivity (Wildman–Crippen MR) is 120 cm³/mol. The average molecular weight is 446 g/mol. The van der Waals surface area contributed by atoms with Crippen LogP contribution in [0.2, 0.25) is 5.02 Å². The Labute approximate surface area is 184 Å². The zero-order valence-electron chi connectivity index (χ0n) is 17.1. The van der Waals surface area contributed by atoms with E-state index >= 15 is 0 Å². The van der Waals surface area contributed by atoms with Crippen LogP contribution in [-0.4, -0.2) is 40.6 Å². The van der Waals surface area contributed by atoms with E-state index in [2.05, 4.69) is 0 Å². The Morgan fingerprint density at radius 2 is 2.17 bits per heavy atom. The van der Waals surface area contributed by atoms with Crippen molar-refractivity contribution in [1.29, 1.82) is 0 Å². The third-order valence-electron chi connectivity index (χ3n) is 5.44. The number of likely N-dealkylation sites (N-methyl/N-ethyl adjacent to an activating group) is 1. The van der Waals surface area contributed by atoms with Crippen LogP contribution in [0.4, 0.5) is 0 Å². The first-order valence-electron chi connectivity index (χ1n) is 10.1. The van der Waals surface area contributed by atoms with Crippen LogP contribution >= 0.6 is 22.9 Å². The van der Waals surface area contributed by atoms with E-state index in [-0.39, 0.29) is 11.5 Å². The highest BCUT2D eigenvalue weighted by molar-refractivity contribution is 7.20. The first-order chi connectivity index (χ1) is 14.5. The summed E-state index contributed by atoms with van der Waals surface area (Å²) in [4.78, 5) is 33.7. The number of halogens is 1. The summed E-state index contributed by atoms with van der Waals surface area (Å²) in [5.41, 5.74) is 0.705. The average Bonchev–Trinajstić information content (AvgIpc) is 2.88. The summed E-state index contributed by atoms with van der Waals surface area (Å²) in [6, 6.07) is 7.17. The van der Waals surface area contributed by atoms with Gasteiger partial charge in [0.25, 0.3) is 11.5 Å². The fourth-order valence-corrected chi connectivity index (χ4v) is 5.11. The smallest absolute Gasteiger partial charge is 0.264 e. The van der Waals surface area contributed by atoms with Crippen molar-refractivity contribution < 1.29 is 9.53 Å². The number of carbonyl (C=O) groups is 1. The molecule has 0 saturated heterocycles. The van der Waals surface area contributed by atoms with Gasteiger partial charge in [-0.05, 0) is 43.5 Å². The number of hydrogen-bond acceptors (Lipinski definition) is 5. The van der Waals surface area contributed by atoms with Gasteiger partial charge in [0, 0.05) is 25.0 Å². The quantitative estimate of drug-likeness (QED) is 0.587. The maximum Gasteiger partial charge on any atom is 0.264 e. The molecule has 0 bridgehead atoms. The summed E-state index contributed by atoms with van der Waals surface area (Å²) in [5.74, 6) is 1.39. The van der Waals surface area contributed by atoms with E-state index in [0.29, 0.717) is 45.6 Å². The Bertz CT molecular complexity index is 1150. The van der Waals surface area contributed by atoms with Crippen LogP contribution in [0, 0.1) is 6.92 Å². The minimum Gasteiger partial charge on any atom is -0.492 e. The number of aryl methyl sites for hydroxylation is 2. The van der Waals surface area contributed by atoms with Gasteiger partial charge in [-0.2, -0.15) is 0 Å². The third-order valence-corrected chi connectivity index (χ3v) is 6.85. The number of nitrogens with zero attached hydrogens (tertiary/aromatic N) is 3. The number of amides is 1. The van der Waals surface area contributed by atoms with E-state index in [1.807, 2.05) is 19.1 Å². The summed E-state index contributed by atoms with van der Waals surface area (Å²) in [5, 5.41) is 1.19. The van der Waals surface area contributed by atoms with E-state index < -0.39 is 0 Å². The number of thiophene rings is 1. The highest BCUT2D eigenvalue weighted by Crippen LogP contribution is 2.29. The highest BCUT2D eigenvalue weighted by Gasteiger charge is 2.24. The van der Waals surface area contributed by atoms with Crippen molar-refractivity contribution in [2.24, 2.45) is 0 Å². The van der Waals surface area contributed by atoms with Crippen molar-refractivity contribution >= 4 is 39.1 Å². The van der Waals surface area contributed by atoms with Crippen molar-refractivity contribution in [3.05, 3.63) is 55.9 Å². The van der Waals surface area contributed by atoms with Crippen molar-refractivity contribution in [2.45, 2.75) is 39.2 Å². The maximum absolute atomic E-state index is 13.1. The summed E-state index contributed by atoms with van der Waals surface area (Å²) in [6.45, 7) is 3.31. The number of rotatable bonds is 5. The van der Waals surface area contributed by atoms with E-state index in [1.165, 1.54) is 11.3 Å². The number of carbonyl (C=O) groups excluding carboxylic acids is 1. The lowest BCUT2D eigenvalue weighted by atomic mass is 10.2. The number of benzene rings is 1. The molecule has 0 spiro atoms. The van der Waals surface area contributed by atoms with Gasteiger partial charge in [-0.1, -0.05) is 24.1 Å². The Morgan fingerprint density at radius 3 is 2.97 bits per heavy atom. The molecule has 3 heterocycles. The Kier molecular flexibility index (Phi) is 6.11. The summed E-state index contributed by atoms with van der Waals surface area (Å²) >= 11 is 7.28. The zero-order chi connectivity index (χ0) is 21.3. The summed E-state index contributed by atoms with van der Waals surface area (Å²) in [6.07, 6.45) is 3.96. The van der Waals surface area contributed by atoms with Gasteiger partial charge in [0.1, 0.15) is 23.0 Å². The standard InChI is InChI=1S/C22H24ClN3O3S/c1-14-18-20(24-17-9-4-3-5-10-26(17)21(18)27)30-19(14)22(28)25(2)11-12-29-16-8-6-7-15(23)13-16/h6-8,13H,3-5,9-12H2,1-2H3. The molecule has 158 valence electrons. The third kappa shape index (κ3) is 4.09. The van der Waals surface area contributed by atoms with Gasteiger partial charge < -0.3 is 9.64 Å². The molecular weight excluding hydrogens is 422 g/mol. The van der Waals surface area contributed by atoms with Crippen LogP contribution in [0.1, 0.15) is 40.3 Å². The van der Waals surface area contributed by atoms with Crippen LogP contribution < -0.4 is 10.3 Å². The molecule has 3 aromatic rings. The van der Waals surface area contributed by atoms with Crippen molar-refractivity contribution in [1.82, 2.24) is 14.5 Å². The molecule has 1 amide bonds. The molecule has 0 aliphatic carbocycles. The molecule has 4 rings (SSSR count). The fraction of sp³-hybridized carbons (Fsp3) is 0.409. The molecule has 0 fully saturated rings. The zero-order valence-corrected chi connectivity index (χ0v) is 18.7. The summed E-state index contributed by atoms with van der Waals surface area (Å²) < 4.78 is 7.49. The Balaban J connectivity index is 1.53. The monoisotopic (exact) mass is 445 g/mol. The van der Waals surface area contributed by atoms with Crippen molar-refractivity contribution in [3.8, 4) is 5.75 Å². The lowest BCUT2D eigenvalue weighted by molar-refractivity contribution is 0.0778. The number of hydrogen-bond donors (Lipinski definition) is 0. The van der Waals surface area contributed by atoms with Gasteiger partial charge in [0.15, 0.2) is 0 Å². The predicted octanol–water partition coefficient (Wildman–Crippen LogP) is 4.30. The minimum atomic E-state index is -0.121.